The molecule has 0 saturated heterocycles. The average molecular weight is 639 g/mol. The van der Waals surface area contributed by atoms with E-state index in [9.17, 15) is 31.5 Å². The number of carbonyl (C=O) groups excluding carboxylic acids is 1. The Morgan fingerprint density at radius 1 is 1.16 bits per heavy atom. The number of aromatic nitrogens is 1. The molecule has 2 unspecified atom stereocenters. The molecule has 1 aromatic heterocycles. The van der Waals surface area contributed by atoms with E-state index in [1.807, 2.05) is 26.8 Å². The zero-order valence-electron chi connectivity index (χ0n) is 24.0. The molecular formula is C31H34ClF3N2O5S. The van der Waals surface area contributed by atoms with Crippen LogP contribution >= 0.6 is 11.6 Å². The summed E-state index contributed by atoms with van der Waals surface area (Å²) in [6.45, 7) is 5.88. The molecule has 0 bridgehead atoms. The number of anilines is 1. The van der Waals surface area contributed by atoms with Crippen molar-refractivity contribution in [3.05, 3.63) is 88.5 Å². The van der Waals surface area contributed by atoms with Gasteiger partial charge in [-0.3, -0.25) is 9.78 Å². The van der Waals surface area contributed by atoms with Crippen LogP contribution in [0.2, 0.25) is 5.02 Å². The Morgan fingerprint density at radius 2 is 1.86 bits per heavy atom. The fraction of sp³-hybridized carbons (Fsp3) is 0.419. The molecule has 3 aromatic rings. The van der Waals surface area contributed by atoms with Gasteiger partial charge in [0.25, 0.3) is 5.91 Å². The van der Waals surface area contributed by atoms with Gasteiger partial charge in [0, 0.05) is 35.8 Å². The van der Waals surface area contributed by atoms with Gasteiger partial charge in [0.2, 0.25) is 0 Å². The van der Waals surface area contributed by atoms with Gasteiger partial charge in [0.15, 0.2) is 27.3 Å². The van der Waals surface area contributed by atoms with Crippen molar-refractivity contribution in [2.75, 3.05) is 11.9 Å². The van der Waals surface area contributed by atoms with Crippen molar-refractivity contribution in [1.29, 1.82) is 0 Å². The predicted octanol–water partition coefficient (Wildman–Crippen LogP) is 6.59. The minimum Gasteiger partial charge on any atom is -0.387 e. The predicted molar refractivity (Wildman–Crippen MR) is 157 cm³/mol. The van der Waals surface area contributed by atoms with Gasteiger partial charge in [-0.05, 0) is 66.8 Å². The molecule has 0 aliphatic heterocycles. The summed E-state index contributed by atoms with van der Waals surface area (Å²) in [5.41, 5.74) is -0.908. The topological polar surface area (TPSA) is 106 Å². The number of carbonyl (C=O) groups is 1. The lowest BCUT2D eigenvalue weighted by Gasteiger charge is -2.32. The van der Waals surface area contributed by atoms with Gasteiger partial charge in [-0.25, -0.2) is 21.6 Å². The molecule has 1 fully saturated rings. The molecule has 2 N–H and O–H groups in total. The Hall–Kier alpha value is -2.99. The second-order valence-electron chi connectivity index (χ2n) is 11.3. The van der Waals surface area contributed by atoms with Crippen LogP contribution in [0, 0.1) is 35.2 Å². The van der Waals surface area contributed by atoms with E-state index in [1.165, 1.54) is 12.1 Å². The molecule has 1 aliphatic rings. The Kier molecular flexibility index (Phi) is 10.2. The maximum atomic E-state index is 14.2. The number of sulfone groups is 1. The molecule has 12 heteroatoms. The summed E-state index contributed by atoms with van der Waals surface area (Å²) >= 11 is 6.38. The van der Waals surface area contributed by atoms with Crippen LogP contribution < -0.4 is 5.32 Å². The maximum absolute atomic E-state index is 14.2. The normalized spacial score (nSPS) is 21.9. The van der Waals surface area contributed by atoms with Gasteiger partial charge in [0.05, 0.1) is 34.0 Å². The van der Waals surface area contributed by atoms with Crippen LogP contribution in [0.25, 0.3) is 0 Å². The lowest BCUT2D eigenvalue weighted by atomic mass is 9.87. The third kappa shape index (κ3) is 7.39. The fourth-order valence-electron chi connectivity index (χ4n) is 5.79. The molecule has 1 saturated carbocycles. The van der Waals surface area contributed by atoms with Crippen LogP contribution in [0.15, 0.2) is 59.8 Å². The number of nitrogens with one attached hydrogen (secondary N) is 1. The number of hydrogen-bond donors (Lipinski definition) is 2. The zero-order chi connectivity index (χ0) is 31.5. The summed E-state index contributed by atoms with van der Waals surface area (Å²) in [6, 6.07) is 8.54. The fourth-order valence-corrected chi connectivity index (χ4v) is 8.70. The lowest BCUT2D eigenvalue weighted by molar-refractivity contribution is -0.0678. The standard InChI is InChI=1S/C31H34ClF3N2O5S/c1-4-31(39,17-42-16-20-6-5-9-36-15-20)14-22-10-18(2)19(3)29(22)43(40,41)27-11-21(7-8-24(27)32)30(38)37-23-12-25(33)28(35)26(34)13-23/h5-9,11-13,15,18-19,22,29,39H,4,10,14,16-17H2,1-3H3,(H,37,38)/t18-,19?,22-,29?,31-/m0/s1. The van der Waals surface area contributed by atoms with Crippen molar-refractivity contribution >= 4 is 33.0 Å². The number of rotatable bonds is 11. The largest absolute Gasteiger partial charge is 0.387 e. The summed E-state index contributed by atoms with van der Waals surface area (Å²) < 4.78 is 74.8. The van der Waals surface area contributed by atoms with Crippen LogP contribution in [-0.4, -0.2) is 41.9 Å². The highest BCUT2D eigenvalue weighted by atomic mass is 35.5. The summed E-state index contributed by atoms with van der Waals surface area (Å²) in [5, 5.41) is 12.7. The number of nitrogens with zero attached hydrogens (tertiary/aromatic N) is 1. The molecule has 0 radical (unpaired) electrons. The molecule has 232 valence electrons. The summed E-state index contributed by atoms with van der Waals surface area (Å²) in [7, 11) is -4.13. The molecule has 1 amide bonds. The van der Waals surface area contributed by atoms with E-state index in [-0.39, 0.29) is 52.6 Å². The van der Waals surface area contributed by atoms with E-state index in [0.717, 1.165) is 11.6 Å². The highest BCUT2D eigenvalue weighted by Gasteiger charge is 2.49. The van der Waals surface area contributed by atoms with Gasteiger partial charge < -0.3 is 15.2 Å². The van der Waals surface area contributed by atoms with Crippen LogP contribution in [-0.2, 0) is 21.2 Å². The smallest absolute Gasteiger partial charge is 0.255 e. The first-order chi connectivity index (χ1) is 20.3. The van der Waals surface area contributed by atoms with Gasteiger partial charge in [-0.2, -0.15) is 0 Å². The SMILES string of the molecule is CC[C@@](O)(COCc1cccnc1)C[C@@H]1C[C@H](C)C(C)C1S(=O)(=O)c1cc(C(=O)Nc2cc(F)c(F)c(F)c2)ccc1Cl. The molecule has 2 aromatic carbocycles. The van der Waals surface area contributed by atoms with Crippen molar-refractivity contribution < 1.29 is 36.2 Å². The quantitative estimate of drug-likeness (QED) is 0.230. The number of amides is 1. The van der Waals surface area contributed by atoms with Crippen molar-refractivity contribution in [3.8, 4) is 0 Å². The number of pyridine rings is 1. The molecule has 43 heavy (non-hydrogen) atoms. The van der Waals surface area contributed by atoms with E-state index >= 15 is 0 Å². The first-order valence-electron chi connectivity index (χ1n) is 13.9. The minimum atomic E-state index is -4.13. The molecule has 0 spiro atoms. The van der Waals surface area contributed by atoms with Crippen molar-refractivity contribution in [1.82, 2.24) is 4.98 Å². The number of benzene rings is 2. The first-order valence-corrected chi connectivity index (χ1v) is 15.9. The minimum absolute atomic E-state index is 0.00537. The monoisotopic (exact) mass is 638 g/mol. The van der Waals surface area contributed by atoms with Gasteiger partial charge >= 0.3 is 0 Å². The van der Waals surface area contributed by atoms with Crippen LogP contribution in [0.3, 0.4) is 0 Å². The lowest BCUT2D eigenvalue weighted by Crippen LogP contribution is -2.40. The molecule has 5 atom stereocenters. The highest BCUT2D eigenvalue weighted by molar-refractivity contribution is 7.92. The second-order valence-corrected chi connectivity index (χ2v) is 13.8. The molecule has 4 rings (SSSR count). The summed E-state index contributed by atoms with van der Waals surface area (Å²) in [6.07, 6.45) is 4.39. The Morgan fingerprint density at radius 3 is 2.49 bits per heavy atom. The van der Waals surface area contributed by atoms with E-state index in [1.54, 1.807) is 18.5 Å². The van der Waals surface area contributed by atoms with E-state index in [0.29, 0.717) is 25.0 Å². The molecule has 7 nitrogen and oxygen atoms in total. The number of hydrogen-bond acceptors (Lipinski definition) is 6. The van der Waals surface area contributed by atoms with Crippen LogP contribution in [0.1, 0.15) is 56.0 Å². The van der Waals surface area contributed by atoms with Gasteiger partial charge in [-0.15, -0.1) is 0 Å². The number of aliphatic hydroxyl groups is 1. The van der Waals surface area contributed by atoms with E-state index in [4.69, 9.17) is 16.3 Å². The third-order valence-electron chi connectivity index (χ3n) is 8.32. The summed E-state index contributed by atoms with van der Waals surface area (Å²) in [5.74, 6) is -6.21. The van der Waals surface area contributed by atoms with Gasteiger partial charge in [0.1, 0.15) is 0 Å². The summed E-state index contributed by atoms with van der Waals surface area (Å²) in [4.78, 5) is 16.7. The second kappa shape index (κ2) is 13.3. The van der Waals surface area contributed by atoms with Crippen LogP contribution in [0.4, 0.5) is 18.9 Å². The first kappa shape index (κ1) is 32.9. The Balaban J connectivity index is 1.57. The highest BCUT2D eigenvalue weighted by Crippen LogP contribution is 2.47. The number of ether oxygens (including phenoxy) is 1. The average Bonchev–Trinajstić information content (AvgIpc) is 3.24. The maximum Gasteiger partial charge on any atom is 0.255 e. The Bertz CT molecular complexity index is 1550. The zero-order valence-corrected chi connectivity index (χ0v) is 25.6. The van der Waals surface area contributed by atoms with Gasteiger partial charge in [-0.1, -0.05) is 38.4 Å². The third-order valence-corrected chi connectivity index (χ3v) is 11.2. The number of halogens is 4. The van der Waals surface area contributed by atoms with E-state index in [2.05, 4.69) is 10.3 Å². The molecule has 1 heterocycles. The van der Waals surface area contributed by atoms with Crippen molar-refractivity contribution in [2.24, 2.45) is 17.8 Å². The van der Waals surface area contributed by atoms with Crippen molar-refractivity contribution in [3.63, 3.8) is 0 Å². The molecular weight excluding hydrogens is 605 g/mol. The Labute approximate surface area is 254 Å². The van der Waals surface area contributed by atoms with Crippen molar-refractivity contribution in [2.45, 2.75) is 62.4 Å². The van der Waals surface area contributed by atoms with Crippen LogP contribution in [0.5, 0.6) is 0 Å². The molecule has 1 aliphatic carbocycles. The van der Waals surface area contributed by atoms with E-state index < -0.39 is 50.0 Å².